The number of anilines is 1. The van der Waals surface area contributed by atoms with E-state index < -0.39 is 0 Å². The maximum atomic E-state index is 4.48. The lowest BCUT2D eigenvalue weighted by Crippen LogP contribution is -2.32. The molecule has 0 aromatic carbocycles. The SMILES string of the molecule is CC1(Nc2ncnc3c2CCCC3)CCCC1. The van der Waals surface area contributed by atoms with E-state index in [0.29, 0.717) is 0 Å². The van der Waals surface area contributed by atoms with Gasteiger partial charge in [-0.25, -0.2) is 9.97 Å². The predicted octanol–water partition coefficient (Wildman–Crippen LogP) is 3.10. The van der Waals surface area contributed by atoms with Gasteiger partial charge in [0.1, 0.15) is 12.1 Å². The maximum Gasteiger partial charge on any atom is 0.133 e. The summed E-state index contributed by atoms with van der Waals surface area (Å²) in [7, 11) is 0. The van der Waals surface area contributed by atoms with Crippen molar-refractivity contribution < 1.29 is 0 Å². The Morgan fingerprint density at radius 3 is 2.65 bits per heavy atom. The molecule has 0 atom stereocenters. The van der Waals surface area contributed by atoms with Crippen LogP contribution in [0.2, 0.25) is 0 Å². The second kappa shape index (κ2) is 4.28. The van der Waals surface area contributed by atoms with Crippen LogP contribution >= 0.6 is 0 Å². The van der Waals surface area contributed by atoms with Gasteiger partial charge in [0.15, 0.2) is 0 Å². The molecule has 0 amide bonds. The Labute approximate surface area is 103 Å². The molecule has 17 heavy (non-hydrogen) atoms. The number of fused-ring (bicyclic) bond motifs is 1. The monoisotopic (exact) mass is 231 g/mol. The molecular formula is C14H21N3. The van der Waals surface area contributed by atoms with Crippen LogP contribution in [0.4, 0.5) is 5.82 Å². The van der Waals surface area contributed by atoms with E-state index in [2.05, 4.69) is 22.2 Å². The van der Waals surface area contributed by atoms with Gasteiger partial charge in [-0.05, 0) is 45.4 Å². The molecule has 0 unspecified atom stereocenters. The fourth-order valence-corrected chi connectivity index (χ4v) is 3.20. The topological polar surface area (TPSA) is 37.8 Å². The Bertz CT molecular complexity index is 408. The third-order valence-electron chi connectivity index (χ3n) is 4.25. The largest absolute Gasteiger partial charge is 0.365 e. The highest BCUT2D eigenvalue weighted by atomic mass is 15.1. The number of aromatic nitrogens is 2. The van der Waals surface area contributed by atoms with Crippen molar-refractivity contribution in [2.75, 3.05) is 5.32 Å². The van der Waals surface area contributed by atoms with E-state index in [1.165, 1.54) is 49.8 Å². The fraction of sp³-hybridized carbons (Fsp3) is 0.714. The first-order chi connectivity index (χ1) is 8.27. The Balaban J connectivity index is 1.87. The molecule has 2 aliphatic rings. The lowest BCUT2D eigenvalue weighted by Gasteiger charge is -2.28. The van der Waals surface area contributed by atoms with E-state index in [0.717, 1.165) is 18.7 Å². The summed E-state index contributed by atoms with van der Waals surface area (Å²) in [5.74, 6) is 1.11. The molecule has 0 bridgehead atoms. The number of hydrogen-bond donors (Lipinski definition) is 1. The quantitative estimate of drug-likeness (QED) is 0.850. The van der Waals surface area contributed by atoms with Gasteiger partial charge in [0.2, 0.25) is 0 Å². The Morgan fingerprint density at radius 1 is 1.06 bits per heavy atom. The van der Waals surface area contributed by atoms with Crippen molar-refractivity contribution in [3.63, 3.8) is 0 Å². The number of nitrogens with one attached hydrogen (secondary N) is 1. The molecule has 3 heteroatoms. The number of rotatable bonds is 2. The molecule has 2 aliphatic carbocycles. The fourth-order valence-electron chi connectivity index (χ4n) is 3.20. The van der Waals surface area contributed by atoms with Crippen molar-refractivity contribution in [1.29, 1.82) is 0 Å². The first-order valence-electron chi connectivity index (χ1n) is 6.88. The van der Waals surface area contributed by atoms with Crippen molar-refractivity contribution in [3.05, 3.63) is 17.6 Å². The minimum Gasteiger partial charge on any atom is -0.365 e. The van der Waals surface area contributed by atoms with Gasteiger partial charge >= 0.3 is 0 Å². The van der Waals surface area contributed by atoms with Gasteiger partial charge in [-0.2, -0.15) is 0 Å². The number of aryl methyl sites for hydroxylation is 1. The van der Waals surface area contributed by atoms with Crippen molar-refractivity contribution in [2.24, 2.45) is 0 Å². The molecule has 0 saturated heterocycles. The molecule has 0 spiro atoms. The molecule has 0 radical (unpaired) electrons. The molecule has 1 heterocycles. The average Bonchev–Trinajstić information content (AvgIpc) is 2.76. The zero-order valence-corrected chi connectivity index (χ0v) is 10.6. The highest BCUT2D eigenvalue weighted by Crippen LogP contribution is 2.34. The Morgan fingerprint density at radius 2 is 1.82 bits per heavy atom. The minimum atomic E-state index is 0.263. The van der Waals surface area contributed by atoms with Gasteiger partial charge in [0, 0.05) is 16.8 Å². The Kier molecular flexibility index (Phi) is 2.77. The Hall–Kier alpha value is -1.12. The third-order valence-corrected chi connectivity index (χ3v) is 4.25. The molecule has 1 saturated carbocycles. The van der Waals surface area contributed by atoms with Crippen molar-refractivity contribution in [1.82, 2.24) is 9.97 Å². The second-order valence-corrected chi connectivity index (χ2v) is 5.75. The average molecular weight is 231 g/mol. The summed E-state index contributed by atoms with van der Waals surface area (Å²) in [5, 5.41) is 3.69. The summed E-state index contributed by atoms with van der Waals surface area (Å²) in [6, 6.07) is 0. The highest BCUT2D eigenvalue weighted by molar-refractivity contribution is 5.49. The van der Waals surface area contributed by atoms with Crippen LogP contribution in [0.5, 0.6) is 0 Å². The van der Waals surface area contributed by atoms with Gasteiger partial charge in [0.05, 0.1) is 0 Å². The standard InChI is InChI=1S/C14H21N3/c1-14(8-4-5-9-14)17-13-11-6-2-3-7-12(11)15-10-16-13/h10H,2-9H2,1H3,(H,15,16,17). The molecule has 92 valence electrons. The van der Waals surface area contributed by atoms with Gasteiger partial charge in [-0.1, -0.05) is 12.8 Å². The second-order valence-electron chi connectivity index (χ2n) is 5.75. The van der Waals surface area contributed by atoms with Gasteiger partial charge < -0.3 is 5.32 Å². The van der Waals surface area contributed by atoms with E-state index >= 15 is 0 Å². The minimum absolute atomic E-state index is 0.263. The lowest BCUT2D eigenvalue weighted by molar-refractivity contribution is 0.528. The van der Waals surface area contributed by atoms with Crippen LogP contribution in [-0.4, -0.2) is 15.5 Å². The van der Waals surface area contributed by atoms with Crippen molar-refractivity contribution in [2.45, 2.75) is 63.8 Å². The summed E-state index contributed by atoms with van der Waals surface area (Å²) in [6.45, 7) is 2.33. The molecule has 1 N–H and O–H groups in total. The first kappa shape index (κ1) is 11.0. The van der Waals surface area contributed by atoms with E-state index in [1.807, 2.05) is 0 Å². The van der Waals surface area contributed by atoms with Gasteiger partial charge in [-0.15, -0.1) is 0 Å². The van der Waals surface area contributed by atoms with Gasteiger partial charge in [-0.3, -0.25) is 0 Å². The van der Waals surface area contributed by atoms with E-state index in [1.54, 1.807) is 6.33 Å². The number of nitrogens with zero attached hydrogens (tertiary/aromatic N) is 2. The highest BCUT2D eigenvalue weighted by Gasteiger charge is 2.30. The third kappa shape index (κ3) is 2.15. The van der Waals surface area contributed by atoms with Crippen LogP contribution in [-0.2, 0) is 12.8 Å². The van der Waals surface area contributed by atoms with E-state index in [-0.39, 0.29) is 5.54 Å². The van der Waals surface area contributed by atoms with Crippen molar-refractivity contribution >= 4 is 5.82 Å². The summed E-state index contributed by atoms with van der Waals surface area (Å²) < 4.78 is 0. The summed E-state index contributed by atoms with van der Waals surface area (Å²) in [4.78, 5) is 8.90. The van der Waals surface area contributed by atoms with Crippen LogP contribution in [0, 0.1) is 0 Å². The molecule has 1 fully saturated rings. The molecule has 1 aromatic heterocycles. The molecule has 0 aliphatic heterocycles. The molecular weight excluding hydrogens is 210 g/mol. The van der Waals surface area contributed by atoms with Crippen LogP contribution in [0.1, 0.15) is 56.7 Å². The molecule has 3 rings (SSSR count). The summed E-state index contributed by atoms with van der Waals surface area (Å²) in [6.07, 6.45) is 11.8. The predicted molar refractivity (Wildman–Crippen MR) is 69.2 cm³/mol. The zero-order chi connectivity index (χ0) is 11.7. The van der Waals surface area contributed by atoms with Crippen LogP contribution in [0.15, 0.2) is 6.33 Å². The lowest BCUT2D eigenvalue weighted by atomic mass is 9.95. The molecule has 1 aromatic rings. The number of hydrogen-bond acceptors (Lipinski definition) is 3. The smallest absolute Gasteiger partial charge is 0.133 e. The van der Waals surface area contributed by atoms with Crippen LogP contribution in [0.25, 0.3) is 0 Å². The molecule has 3 nitrogen and oxygen atoms in total. The first-order valence-corrected chi connectivity index (χ1v) is 6.88. The maximum absolute atomic E-state index is 4.48. The summed E-state index contributed by atoms with van der Waals surface area (Å²) in [5.41, 5.74) is 2.92. The van der Waals surface area contributed by atoms with Crippen LogP contribution in [0.3, 0.4) is 0 Å². The normalized spacial score (nSPS) is 22.2. The van der Waals surface area contributed by atoms with Crippen LogP contribution < -0.4 is 5.32 Å². The van der Waals surface area contributed by atoms with E-state index in [4.69, 9.17) is 0 Å². The zero-order valence-electron chi connectivity index (χ0n) is 10.6. The van der Waals surface area contributed by atoms with Gasteiger partial charge in [0.25, 0.3) is 0 Å². The summed E-state index contributed by atoms with van der Waals surface area (Å²) >= 11 is 0. The van der Waals surface area contributed by atoms with E-state index in [9.17, 15) is 0 Å². The van der Waals surface area contributed by atoms with Crippen molar-refractivity contribution in [3.8, 4) is 0 Å².